The van der Waals surface area contributed by atoms with Crippen LogP contribution in [0.5, 0.6) is 11.5 Å². The van der Waals surface area contributed by atoms with Gasteiger partial charge in [0.2, 0.25) is 15.9 Å². The summed E-state index contributed by atoms with van der Waals surface area (Å²) >= 11 is 0. The molecule has 0 aliphatic carbocycles. The van der Waals surface area contributed by atoms with Gasteiger partial charge in [0, 0.05) is 19.5 Å². The number of nitrogens with zero attached hydrogens (tertiary/aromatic N) is 1. The van der Waals surface area contributed by atoms with Crippen molar-refractivity contribution in [3.63, 3.8) is 0 Å². The van der Waals surface area contributed by atoms with Crippen LogP contribution in [-0.2, 0) is 14.8 Å². The second-order valence-corrected chi connectivity index (χ2v) is 10.2. The van der Waals surface area contributed by atoms with Crippen LogP contribution in [0.15, 0.2) is 47.4 Å². The summed E-state index contributed by atoms with van der Waals surface area (Å²) in [6.07, 6.45) is 3.18. The largest absolute Gasteiger partial charge is 0.494 e. The molecule has 33 heavy (non-hydrogen) atoms. The highest BCUT2D eigenvalue weighted by Gasteiger charge is 2.27. The quantitative estimate of drug-likeness (QED) is 0.505. The lowest BCUT2D eigenvalue weighted by molar-refractivity contribution is -0.116. The Kier molecular flexibility index (Phi) is 8.68. The van der Waals surface area contributed by atoms with Crippen LogP contribution >= 0.6 is 0 Å². The lowest BCUT2D eigenvalue weighted by atomic mass is 10.2. The molecule has 1 aliphatic heterocycles. The number of piperidine rings is 1. The Hall–Kier alpha value is -2.65. The van der Waals surface area contributed by atoms with Gasteiger partial charge in [-0.1, -0.05) is 6.42 Å². The molecule has 7 nitrogen and oxygen atoms in total. The van der Waals surface area contributed by atoms with Gasteiger partial charge in [0.05, 0.1) is 23.3 Å². The Morgan fingerprint density at radius 1 is 1.09 bits per heavy atom. The molecule has 2 aromatic rings. The smallest absolute Gasteiger partial charge is 0.243 e. The topological polar surface area (TPSA) is 84.9 Å². The van der Waals surface area contributed by atoms with E-state index in [9.17, 15) is 17.6 Å². The Bertz CT molecular complexity index is 1040. The number of carbonyl (C=O) groups excluding carboxylic acids is 1. The molecule has 3 rings (SSSR count). The molecule has 0 aromatic heterocycles. The zero-order chi connectivity index (χ0) is 23.8. The number of anilines is 1. The summed E-state index contributed by atoms with van der Waals surface area (Å²) in [5.74, 6) is 0.322. The fourth-order valence-electron chi connectivity index (χ4n) is 3.54. The minimum atomic E-state index is -3.64. The molecule has 1 fully saturated rings. The van der Waals surface area contributed by atoms with E-state index in [0.29, 0.717) is 36.7 Å². The predicted octanol–water partition coefficient (Wildman–Crippen LogP) is 4.59. The van der Waals surface area contributed by atoms with Crippen molar-refractivity contribution in [2.45, 2.75) is 57.0 Å². The number of hydrogen-bond acceptors (Lipinski definition) is 5. The van der Waals surface area contributed by atoms with Crippen molar-refractivity contribution in [2.75, 3.05) is 25.0 Å². The van der Waals surface area contributed by atoms with Crippen LogP contribution in [-0.4, -0.2) is 44.4 Å². The minimum Gasteiger partial charge on any atom is -0.494 e. The monoisotopic (exact) mass is 478 g/mol. The number of sulfonamides is 1. The SMILES string of the molecule is CC(C)Oc1ccc(S(=O)(=O)N2CCCCC2)cc1NC(=O)CCCOc1ccc(F)cc1. The number of hydrogen-bond donors (Lipinski definition) is 1. The van der Waals surface area contributed by atoms with Crippen LogP contribution < -0.4 is 14.8 Å². The van der Waals surface area contributed by atoms with E-state index in [0.717, 1.165) is 19.3 Å². The molecule has 0 spiro atoms. The van der Waals surface area contributed by atoms with E-state index in [2.05, 4.69) is 5.32 Å². The Balaban J connectivity index is 1.65. The van der Waals surface area contributed by atoms with E-state index in [1.165, 1.54) is 40.7 Å². The molecule has 0 atom stereocenters. The van der Waals surface area contributed by atoms with E-state index >= 15 is 0 Å². The van der Waals surface area contributed by atoms with Crippen molar-refractivity contribution >= 4 is 21.6 Å². The highest BCUT2D eigenvalue weighted by Crippen LogP contribution is 2.31. The number of benzene rings is 2. The second-order valence-electron chi connectivity index (χ2n) is 8.24. The summed E-state index contributed by atoms with van der Waals surface area (Å²) in [4.78, 5) is 12.7. The van der Waals surface area contributed by atoms with Crippen molar-refractivity contribution in [1.29, 1.82) is 0 Å². The van der Waals surface area contributed by atoms with Gasteiger partial charge >= 0.3 is 0 Å². The molecule has 2 aromatic carbocycles. The first-order valence-electron chi connectivity index (χ1n) is 11.2. The summed E-state index contributed by atoms with van der Waals surface area (Å²) < 4.78 is 51.8. The van der Waals surface area contributed by atoms with Gasteiger partial charge < -0.3 is 14.8 Å². The highest BCUT2D eigenvalue weighted by atomic mass is 32.2. The van der Waals surface area contributed by atoms with Gasteiger partial charge in [-0.15, -0.1) is 0 Å². The van der Waals surface area contributed by atoms with Crippen molar-refractivity contribution in [3.8, 4) is 11.5 Å². The molecule has 1 aliphatic rings. The van der Waals surface area contributed by atoms with Gasteiger partial charge in [0.25, 0.3) is 0 Å². The third-order valence-corrected chi connectivity index (χ3v) is 7.07. The van der Waals surface area contributed by atoms with Gasteiger partial charge in [-0.2, -0.15) is 4.31 Å². The number of rotatable bonds is 10. The van der Waals surface area contributed by atoms with Crippen LogP contribution in [0.4, 0.5) is 10.1 Å². The van der Waals surface area contributed by atoms with Gasteiger partial charge in [0.15, 0.2) is 0 Å². The summed E-state index contributed by atoms with van der Waals surface area (Å²) in [5, 5.41) is 2.79. The average molecular weight is 479 g/mol. The normalized spacial score (nSPS) is 14.8. The molecular formula is C24H31FN2O5S. The van der Waals surface area contributed by atoms with Gasteiger partial charge in [0.1, 0.15) is 17.3 Å². The summed E-state index contributed by atoms with van der Waals surface area (Å²) in [6.45, 7) is 5.01. The molecule has 0 radical (unpaired) electrons. The lowest BCUT2D eigenvalue weighted by Gasteiger charge is -2.26. The number of ether oxygens (including phenoxy) is 2. The maximum Gasteiger partial charge on any atom is 0.243 e. The first kappa shape index (κ1) is 25.0. The van der Waals surface area contributed by atoms with Crippen LogP contribution in [0.2, 0.25) is 0 Å². The van der Waals surface area contributed by atoms with Crippen molar-refractivity contribution < 1.29 is 27.1 Å². The third kappa shape index (κ3) is 7.17. The third-order valence-electron chi connectivity index (χ3n) is 5.17. The zero-order valence-electron chi connectivity index (χ0n) is 19.1. The summed E-state index contributed by atoms with van der Waals surface area (Å²) in [6, 6.07) is 10.2. The van der Waals surface area contributed by atoms with Crippen molar-refractivity contribution in [2.24, 2.45) is 0 Å². The molecule has 180 valence electrons. The second kappa shape index (κ2) is 11.5. The predicted molar refractivity (Wildman–Crippen MR) is 125 cm³/mol. The minimum absolute atomic E-state index is 0.135. The molecular weight excluding hydrogens is 447 g/mol. The van der Waals surface area contributed by atoms with E-state index in [-0.39, 0.29) is 35.8 Å². The summed E-state index contributed by atoms with van der Waals surface area (Å²) in [5.41, 5.74) is 0.325. The molecule has 1 saturated heterocycles. The van der Waals surface area contributed by atoms with Gasteiger partial charge in [-0.25, -0.2) is 12.8 Å². The lowest BCUT2D eigenvalue weighted by Crippen LogP contribution is -2.35. The van der Waals surface area contributed by atoms with Crippen LogP contribution in [0.3, 0.4) is 0 Å². The number of amides is 1. The first-order chi connectivity index (χ1) is 15.8. The number of nitrogens with one attached hydrogen (secondary N) is 1. The Labute approximate surface area is 194 Å². The molecule has 1 heterocycles. The van der Waals surface area contributed by atoms with E-state index < -0.39 is 10.0 Å². The van der Waals surface area contributed by atoms with Crippen LogP contribution in [0, 0.1) is 5.82 Å². The fraction of sp³-hybridized carbons (Fsp3) is 0.458. The number of halogens is 1. The molecule has 1 N–H and O–H groups in total. The summed E-state index contributed by atoms with van der Waals surface area (Å²) in [7, 11) is -3.64. The zero-order valence-corrected chi connectivity index (χ0v) is 19.9. The van der Waals surface area contributed by atoms with Crippen LogP contribution in [0.25, 0.3) is 0 Å². The molecule has 0 saturated carbocycles. The molecule has 0 unspecified atom stereocenters. The maximum atomic E-state index is 13.1. The van der Waals surface area contributed by atoms with E-state index in [1.54, 1.807) is 6.07 Å². The van der Waals surface area contributed by atoms with Crippen molar-refractivity contribution in [3.05, 3.63) is 48.3 Å². The Morgan fingerprint density at radius 2 is 1.79 bits per heavy atom. The number of carbonyl (C=O) groups is 1. The molecule has 9 heteroatoms. The maximum absolute atomic E-state index is 13.1. The van der Waals surface area contributed by atoms with E-state index in [1.807, 2.05) is 13.8 Å². The Morgan fingerprint density at radius 3 is 2.45 bits per heavy atom. The molecule has 1 amide bonds. The molecule has 0 bridgehead atoms. The average Bonchev–Trinajstić information content (AvgIpc) is 2.79. The van der Waals surface area contributed by atoms with Gasteiger partial charge in [-0.05, 0) is 75.6 Å². The first-order valence-corrected chi connectivity index (χ1v) is 12.7. The van der Waals surface area contributed by atoms with E-state index in [4.69, 9.17) is 9.47 Å². The standard InChI is InChI=1S/C24H31FN2O5S/c1-18(2)32-23-13-12-21(33(29,30)27-14-4-3-5-15-27)17-22(23)26-24(28)7-6-16-31-20-10-8-19(25)9-11-20/h8-13,17-18H,3-7,14-16H2,1-2H3,(H,26,28). The fourth-order valence-corrected chi connectivity index (χ4v) is 5.09. The van der Waals surface area contributed by atoms with Crippen molar-refractivity contribution in [1.82, 2.24) is 4.31 Å². The van der Waals surface area contributed by atoms with Gasteiger partial charge in [-0.3, -0.25) is 4.79 Å². The highest BCUT2D eigenvalue weighted by molar-refractivity contribution is 7.89. The van der Waals surface area contributed by atoms with Crippen LogP contribution in [0.1, 0.15) is 46.0 Å².